The van der Waals surface area contributed by atoms with Crippen LogP contribution in [0, 0.1) is 6.92 Å². The van der Waals surface area contributed by atoms with Crippen molar-refractivity contribution < 1.29 is 9.53 Å². The summed E-state index contributed by atoms with van der Waals surface area (Å²) >= 11 is 0. The molecular weight excluding hydrogens is 264 g/mol. The largest absolute Gasteiger partial charge is 0.483 e. The van der Waals surface area contributed by atoms with E-state index in [-0.39, 0.29) is 12.5 Å². The molecule has 1 N–H and O–H groups in total. The maximum absolute atomic E-state index is 12.2. The van der Waals surface area contributed by atoms with Gasteiger partial charge in [-0.25, -0.2) is 0 Å². The number of carbonyl (C=O) groups excluding carboxylic acids is 1. The first-order chi connectivity index (χ1) is 10.2. The Labute approximate surface area is 127 Å². The summed E-state index contributed by atoms with van der Waals surface area (Å²) in [6.45, 7) is 8.75. The molecule has 0 saturated heterocycles. The SMILES string of the molecule is CCNCc1cc(C)ccc1OCC(=O)N(CC)C1CC1. The van der Waals surface area contributed by atoms with Gasteiger partial charge in [-0.2, -0.15) is 0 Å². The molecule has 0 spiro atoms. The second kappa shape index (κ2) is 7.46. The lowest BCUT2D eigenvalue weighted by atomic mass is 10.1. The van der Waals surface area contributed by atoms with Gasteiger partial charge in [-0.15, -0.1) is 0 Å². The molecule has 1 aliphatic carbocycles. The molecule has 0 aliphatic heterocycles. The molecule has 1 fully saturated rings. The van der Waals surface area contributed by atoms with Gasteiger partial charge in [0.1, 0.15) is 5.75 Å². The van der Waals surface area contributed by atoms with Crippen LogP contribution in [0.25, 0.3) is 0 Å². The van der Waals surface area contributed by atoms with Gasteiger partial charge < -0.3 is 15.0 Å². The van der Waals surface area contributed by atoms with E-state index >= 15 is 0 Å². The van der Waals surface area contributed by atoms with E-state index in [1.54, 1.807) is 0 Å². The average molecular weight is 290 g/mol. The number of benzene rings is 1. The van der Waals surface area contributed by atoms with Gasteiger partial charge in [0.15, 0.2) is 6.61 Å². The number of amides is 1. The number of aryl methyl sites for hydroxylation is 1. The first-order valence-corrected chi connectivity index (χ1v) is 7.88. The van der Waals surface area contributed by atoms with Crippen LogP contribution in [0.5, 0.6) is 5.75 Å². The highest BCUT2D eigenvalue weighted by Crippen LogP contribution is 2.27. The normalized spacial score (nSPS) is 14.0. The summed E-state index contributed by atoms with van der Waals surface area (Å²) < 4.78 is 5.78. The number of hydrogen-bond acceptors (Lipinski definition) is 3. The van der Waals surface area contributed by atoms with E-state index < -0.39 is 0 Å². The Bertz CT molecular complexity index is 484. The number of hydrogen-bond donors (Lipinski definition) is 1. The van der Waals surface area contributed by atoms with Gasteiger partial charge >= 0.3 is 0 Å². The molecule has 1 amide bonds. The van der Waals surface area contributed by atoms with Crippen LogP contribution in [0.15, 0.2) is 18.2 Å². The number of nitrogens with zero attached hydrogens (tertiary/aromatic N) is 1. The molecule has 4 nitrogen and oxygen atoms in total. The Morgan fingerprint density at radius 1 is 1.38 bits per heavy atom. The average Bonchev–Trinajstić information content (AvgIpc) is 3.29. The van der Waals surface area contributed by atoms with Gasteiger partial charge in [-0.05, 0) is 39.3 Å². The van der Waals surface area contributed by atoms with Crippen LogP contribution in [0.3, 0.4) is 0 Å². The summed E-state index contributed by atoms with van der Waals surface area (Å²) in [7, 11) is 0. The first-order valence-electron chi connectivity index (χ1n) is 7.88. The number of likely N-dealkylation sites (N-methyl/N-ethyl adjacent to an activating group) is 1. The lowest BCUT2D eigenvalue weighted by Crippen LogP contribution is -2.36. The molecule has 4 heteroatoms. The van der Waals surface area contributed by atoms with Crippen LogP contribution in [-0.4, -0.2) is 36.5 Å². The van der Waals surface area contributed by atoms with Crippen molar-refractivity contribution in [3.05, 3.63) is 29.3 Å². The summed E-state index contributed by atoms with van der Waals surface area (Å²) in [6.07, 6.45) is 2.27. The Hall–Kier alpha value is -1.55. The van der Waals surface area contributed by atoms with Crippen molar-refractivity contribution in [3.63, 3.8) is 0 Å². The molecule has 0 bridgehead atoms. The smallest absolute Gasteiger partial charge is 0.260 e. The minimum Gasteiger partial charge on any atom is -0.483 e. The van der Waals surface area contributed by atoms with Crippen molar-refractivity contribution in [1.82, 2.24) is 10.2 Å². The number of carbonyl (C=O) groups is 1. The fourth-order valence-electron chi connectivity index (χ4n) is 2.49. The molecule has 1 saturated carbocycles. The Balaban J connectivity index is 1.96. The zero-order chi connectivity index (χ0) is 15.2. The molecule has 0 aromatic heterocycles. The fourth-order valence-corrected chi connectivity index (χ4v) is 2.49. The number of ether oxygens (including phenoxy) is 1. The quantitative estimate of drug-likeness (QED) is 0.800. The third-order valence-corrected chi connectivity index (χ3v) is 3.78. The van der Waals surface area contributed by atoms with Crippen molar-refractivity contribution in [2.24, 2.45) is 0 Å². The lowest BCUT2D eigenvalue weighted by molar-refractivity contribution is -0.133. The highest BCUT2D eigenvalue weighted by atomic mass is 16.5. The van der Waals surface area contributed by atoms with Gasteiger partial charge in [0.2, 0.25) is 0 Å². The van der Waals surface area contributed by atoms with Crippen LogP contribution in [0.4, 0.5) is 0 Å². The van der Waals surface area contributed by atoms with Crippen LogP contribution in [0.1, 0.15) is 37.8 Å². The Morgan fingerprint density at radius 2 is 2.14 bits per heavy atom. The standard InChI is InChI=1S/C17H26N2O2/c1-4-18-11-14-10-13(3)6-9-16(14)21-12-17(20)19(5-2)15-7-8-15/h6,9-10,15,18H,4-5,7-8,11-12H2,1-3H3. The van der Waals surface area contributed by atoms with E-state index in [0.717, 1.165) is 43.8 Å². The van der Waals surface area contributed by atoms with Crippen LogP contribution in [0.2, 0.25) is 0 Å². The highest BCUT2D eigenvalue weighted by Gasteiger charge is 2.31. The van der Waals surface area contributed by atoms with E-state index in [1.807, 2.05) is 24.0 Å². The van der Waals surface area contributed by atoms with E-state index in [1.165, 1.54) is 5.56 Å². The van der Waals surface area contributed by atoms with Gasteiger partial charge in [0.25, 0.3) is 5.91 Å². The van der Waals surface area contributed by atoms with E-state index in [2.05, 4.69) is 25.2 Å². The first kappa shape index (κ1) is 15.8. The van der Waals surface area contributed by atoms with Gasteiger partial charge in [-0.3, -0.25) is 4.79 Å². The maximum Gasteiger partial charge on any atom is 0.260 e. The highest BCUT2D eigenvalue weighted by molar-refractivity contribution is 5.78. The Kier molecular flexibility index (Phi) is 5.62. The second-order valence-corrected chi connectivity index (χ2v) is 5.59. The molecule has 2 rings (SSSR count). The predicted octanol–water partition coefficient (Wildman–Crippen LogP) is 2.49. The summed E-state index contributed by atoms with van der Waals surface area (Å²) in [5.74, 6) is 0.900. The van der Waals surface area contributed by atoms with Crippen molar-refractivity contribution in [2.75, 3.05) is 19.7 Å². The molecule has 116 valence electrons. The topological polar surface area (TPSA) is 41.6 Å². The summed E-state index contributed by atoms with van der Waals surface area (Å²) in [5, 5.41) is 3.31. The van der Waals surface area contributed by atoms with E-state index in [9.17, 15) is 4.79 Å². The summed E-state index contributed by atoms with van der Waals surface area (Å²) in [5.41, 5.74) is 2.31. The molecule has 1 aliphatic rings. The van der Waals surface area contributed by atoms with Crippen LogP contribution in [-0.2, 0) is 11.3 Å². The van der Waals surface area contributed by atoms with E-state index in [4.69, 9.17) is 4.74 Å². The van der Waals surface area contributed by atoms with Crippen LogP contribution < -0.4 is 10.1 Å². The molecule has 1 aromatic carbocycles. The summed E-state index contributed by atoms with van der Waals surface area (Å²) in [6, 6.07) is 6.54. The number of rotatable bonds is 8. The third-order valence-electron chi connectivity index (χ3n) is 3.78. The molecule has 0 heterocycles. The van der Waals surface area contributed by atoms with Crippen molar-refractivity contribution in [3.8, 4) is 5.75 Å². The molecule has 21 heavy (non-hydrogen) atoms. The summed E-state index contributed by atoms with van der Waals surface area (Å²) in [4.78, 5) is 14.1. The van der Waals surface area contributed by atoms with Crippen molar-refractivity contribution in [1.29, 1.82) is 0 Å². The zero-order valence-corrected chi connectivity index (χ0v) is 13.3. The Morgan fingerprint density at radius 3 is 2.76 bits per heavy atom. The molecule has 0 radical (unpaired) electrons. The monoisotopic (exact) mass is 290 g/mol. The molecule has 0 atom stereocenters. The molecule has 1 aromatic rings. The minimum absolute atomic E-state index is 0.0926. The minimum atomic E-state index is 0.0926. The second-order valence-electron chi connectivity index (χ2n) is 5.59. The van der Waals surface area contributed by atoms with E-state index in [0.29, 0.717) is 6.04 Å². The van der Waals surface area contributed by atoms with Gasteiger partial charge in [0, 0.05) is 24.7 Å². The fraction of sp³-hybridized carbons (Fsp3) is 0.588. The van der Waals surface area contributed by atoms with Crippen molar-refractivity contribution >= 4 is 5.91 Å². The maximum atomic E-state index is 12.2. The predicted molar refractivity (Wildman–Crippen MR) is 84.5 cm³/mol. The van der Waals surface area contributed by atoms with Crippen LogP contribution >= 0.6 is 0 Å². The molecular formula is C17H26N2O2. The number of nitrogens with one attached hydrogen (secondary N) is 1. The lowest BCUT2D eigenvalue weighted by Gasteiger charge is -2.21. The third kappa shape index (κ3) is 4.46. The van der Waals surface area contributed by atoms with Crippen molar-refractivity contribution in [2.45, 2.75) is 46.2 Å². The van der Waals surface area contributed by atoms with Gasteiger partial charge in [0.05, 0.1) is 0 Å². The van der Waals surface area contributed by atoms with Gasteiger partial charge in [-0.1, -0.05) is 24.6 Å². The zero-order valence-electron chi connectivity index (χ0n) is 13.3. The molecule has 0 unspecified atom stereocenters.